The first-order valence-corrected chi connectivity index (χ1v) is 6.41. The lowest BCUT2D eigenvalue weighted by Gasteiger charge is -2.00. The number of anilines is 1. The number of hydrogen-bond donors (Lipinski definition) is 2. The number of nitrogens with one attached hydrogen (secondary N) is 1. The zero-order valence-electron chi connectivity index (χ0n) is 11.4. The van der Waals surface area contributed by atoms with Crippen LogP contribution >= 0.6 is 0 Å². The molecule has 2 heterocycles. The fraction of sp³-hybridized carbons (Fsp3) is 0.143. The van der Waals surface area contributed by atoms with E-state index in [1.165, 1.54) is 18.0 Å². The maximum atomic E-state index is 5.61. The van der Waals surface area contributed by atoms with Crippen molar-refractivity contribution in [3.63, 3.8) is 0 Å². The van der Waals surface area contributed by atoms with E-state index < -0.39 is 0 Å². The van der Waals surface area contributed by atoms with Crippen molar-refractivity contribution >= 4 is 5.82 Å². The molecule has 3 N–H and O–H groups in total. The normalized spacial score (nSPS) is 10.7. The molecule has 7 nitrogen and oxygen atoms in total. The highest BCUT2D eigenvalue weighted by molar-refractivity contribution is 5.56. The number of nitrogen functional groups attached to an aromatic ring is 1. The molecule has 0 bridgehead atoms. The minimum atomic E-state index is 0.316. The third kappa shape index (κ3) is 2.87. The lowest BCUT2D eigenvalue weighted by molar-refractivity contribution is 0.581. The Labute approximate surface area is 121 Å². The van der Waals surface area contributed by atoms with Gasteiger partial charge in [0.15, 0.2) is 0 Å². The summed E-state index contributed by atoms with van der Waals surface area (Å²) in [6.45, 7) is 0.816. The second-order valence-corrected chi connectivity index (χ2v) is 4.47. The van der Waals surface area contributed by atoms with Crippen molar-refractivity contribution in [2.45, 2.75) is 6.54 Å². The SMILES string of the molecule is CNCc1ccc(-c2nnc(-c3cnc(N)cn3)o2)cc1. The smallest absolute Gasteiger partial charge is 0.268 e. The molecule has 1 aromatic carbocycles. The summed E-state index contributed by atoms with van der Waals surface area (Å²) in [5.74, 6) is 1.11. The Hall–Kier alpha value is -2.80. The average molecular weight is 282 g/mol. The molecule has 2 aromatic heterocycles. The monoisotopic (exact) mass is 282 g/mol. The van der Waals surface area contributed by atoms with Gasteiger partial charge in [0.2, 0.25) is 5.89 Å². The van der Waals surface area contributed by atoms with Gasteiger partial charge < -0.3 is 15.5 Å². The highest BCUT2D eigenvalue weighted by Crippen LogP contribution is 2.22. The maximum Gasteiger partial charge on any atom is 0.268 e. The Morgan fingerprint density at radius 2 is 1.81 bits per heavy atom. The second-order valence-electron chi connectivity index (χ2n) is 4.47. The molecule has 3 aromatic rings. The Morgan fingerprint density at radius 1 is 1.05 bits per heavy atom. The van der Waals surface area contributed by atoms with Crippen molar-refractivity contribution in [3.8, 4) is 23.0 Å². The van der Waals surface area contributed by atoms with Gasteiger partial charge in [-0.1, -0.05) is 12.1 Å². The first-order valence-electron chi connectivity index (χ1n) is 6.41. The molecule has 0 aliphatic rings. The fourth-order valence-electron chi connectivity index (χ4n) is 1.86. The lowest BCUT2D eigenvalue weighted by Crippen LogP contribution is -2.04. The molecule has 21 heavy (non-hydrogen) atoms. The summed E-state index contributed by atoms with van der Waals surface area (Å²) in [6.07, 6.45) is 2.95. The summed E-state index contributed by atoms with van der Waals surface area (Å²) in [5.41, 5.74) is 8.03. The van der Waals surface area contributed by atoms with Gasteiger partial charge in [0, 0.05) is 12.1 Å². The molecule has 0 radical (unpaired) electrons. The van der Waals surface area contributed by atoms with Gasteiger partial charge in [0.25, 0.3) is 5.89 Å². The molecule has 3 rings (SSSR count). The van der Waals surface area contributed by atoms with E-state index in [-0.39, 0.29) is 0 Å². The highest BCUT2D eigenvalue weighted by Gasteiger charge is 2.11. The molecule has 7 heteroatoms. The topological polar surface area (TPSA) is 103 Å². The van der Waals surface area contributed by atoms with Crippen molar-refractivity contribution in [1.82, 2.24) is 25.5 Å². The number of aromatic nitrogens is 4. The predicted molar refractivity (Wildman–Crippen MR) is 77.9 cm³/mol. The van der Waals surface area contributed by atoms with Crippen LogP contribution in [0.3, 0.4) is 0 Å². The number of nitrogens with two attached hydrogens (primary N) is 1. The third-order valence-electron chi connectivity index (χ3n) is 2.90. The van der Waals surface area contributed by atoms with Crippen LogP contribution in [0.25, 0.3) is 23.0 Å². The molecular weight excluding hydrogens is 268 g/mol. The summed E-state index contributed by atoms with van der Waals surface area (Å²) in [4.78, 5) is 8.05. The van der Waals surface area contributed by atoms with Gasteiger partial charge in [0.05, 0.1) is 12.4 Å². The van der Waals surface area contributed by atoms with Gasteiger partial charge in [-0.05, 0) is 24.7 Å². The van der Waals surface area contributed by atoms with Crippen LogP contribution in [0.1, 0.15) is 5.56 Å². The van der Waals surface area contributed by atoms with Crippen LogP contribution in [0, 0.1) is 0 Å². The third-order valence-corrected chi connectivity index (χ3v) is 2.90. The molecule has 0 spiro atoms. The van der Waals surface area contributed by atoms with E-state index in [1.807, 2.05) is 31.3 Å². The summed E-state index contributed by atoms with van der Waals surface area (Å²) < 4.78 is 5.61. The van der Waals surface area contributed by atoms with E-state index in [0.717, 1.165) is 12.1 Å². The molecule has 0 amide bonds. The fourth-order valence-corrected chi connectivity index (χ4v) is 1.86. The lowest BCUT2D eigenvalue weighted by atomic mass is 10.1. The van der Waals surface area contributed by atoms with Crippen LogP contribution in [0.2, 0.25) is 0 Å². The second kappa shape index (κ2) is 5.68. The van der Waals surface area contributed by atoms with E-state index in [0.29, 0.717) is 23.3 Å². The molecule has 0 aliphatic heterocycles. The molecule has 0 fully saturated rings. The van der Waals surface area contributed by atoms with Gasteiger partial charge in [-0.3, -0.25) is 0 Å². The minimum Gasteiger partial charge on any atom is -0.415 e. The molecule has 0 atom stereocenters. The van der Waals surface area contributed by atoms with Crippen molar-refractivity contribution in [2.24, 2.45) is 0 Å². The van der Waals surface area contributed by atoms with Crippen LogP contribution < -0.4 is 11.1 Å². The molecule has 0 saturated heterocycles. The van der Waals surface area contributed by atoms with Gasteiger partial charge >= 0.3 is 0 Å². The summed E-state index contributed by atoms with van der Waals surface area (Å²) in [5, 5.41) is 11.1. The first kappa shape index (κ1) is 13.2. The molecule has 0 aliphatic carbocycles. The van der Waals surface area contributed by atoms with Crippen LogP contribution in [0.15, 0.2) is 41.1 Å². The molecule has 0 saturated carbocycles. The predicted octanol–water partition coefficient (Wildman–Crippen LogP) is 1.50. The maximum absolute atomic E-state index is 5.61. The van der Waals surface area contributed by atoms with Gasteiger partial charge in [-0.15, -0.1) is 10.2 Å². The van der Waals surface area contributed by atoms with Crippen molar-refractivity contribution in [3.05, 3.63) is 42.2 Å². The molecule has 0 unspecified atom stereocenters. The Morgan fingerprint density at radius 3 is 2.48 bits per heavy atom. The standard InChI is InChI=1S/C14H14N6O/c1-16-6-9-2-4-10(5-3-9)13-19-20-14(21-13)11-7-18-12(15)8-17-11/h2-5,7-8,16H,6H2,1H3,(H2,15,18). The highest BCUT2D eigenvalue weighted by atomic mass is 16.4. The average Bonchev–Trinajstić information content (AvgIpc) is 2.99. The van der Waals surface area contributed by atoms with Crippen molar-refractivity contribution < 1.29 is 4.42 Å². The van der Waals surface area contributed by atoms with Gasteiger partial charge in [-0.2, -0.15) is 0 Å². The van der Waals surface area contributed by atoms with E-state index in [9.17, 15) is 0 Å². The van der Waals surface area contributed by atoms with E-state index in [1.54, 1.807) is 0 Å². The molecule has 106 valence electrons. The largest absolute Gasteiger partial charge is 0.415 e. The first-order chi connectivity index (χ1) is 10.3. The summed E-state index contributed by atoms with van der Waals surface area (Å²) in [6, 6.07) is 7.91. The minimum absolute atomic E-state index is 0.316. The zero-order chi connectivity index (χ0) is 14.7. The van der Waals surface area contributed by atoms with E-state index in [4.69, 9.17) is 10.2 Å². The van der Waals surface area contributed by atoms with Gasteiger partial charge in [0.1, 0.15) is 11.5 Å². The van der Waals surface area contributed by atoms with Crippen LogP contribution in [0.5, 0.6) is 0 Å². The number of benzene rings is 1. The molecular formula is C14H14N6O. The van der Waals surface area contributed by atoms with Crippen LogP contribution in [-0.2, 0) is 6.54 Å². The summed E-state index contributed by atoms with van der Waals surface area (Å²) >= 11 is 0. The van der Waals surface area contributed by atoms with Crippen molar-refractivity contribution in [1.29, 1.82) is 0 Å². The Bertz CT molecular complexity index is 720. The van der Waals surface area contributed by atoms with E-state index >= 15 is 0 Å². The van der Waals surface area contributed by atoms with E-state index in [2.05, 4.69) is 25.5 Å². The number of nitrogens with zero attached hydrogens (tertiary/aromatic N) is 4. The number of rotatable bonds is 4. The Kier molecular flexibility index (Phi) is 3.57. The van der Waals surface area contributed by atoms with Gasteiger partial charge in [-0.25, -0.2) is 9.97 Å². The Balaban J connectivity index is 1.85. The van der Waals surface area contributed by atoms with Crippen molar-refractivity contribution in [2.75, 3.05) is 12.8 Å². The van der Waals surface area contributed by atoms with Crippen LogP contribution in [-0.4, -0.2) is 27.2 Å². The zero-order valence-corrected chi connectivity index (χ0v) is 11.4. The number of hydrogen-bond acceptors (Lipinski definition) is 7. The van der Waals surface area contributed by atoms with Crippen LogP contribution in [0.4, 0.5) is 5.82 Å². The quantitative estimate of drug-likeness (QED) is 0.747. The summed E-state index contributed by atoms with van der Waals surface area (Å²) in [7, 11) is 1.91.